The number of nitrogens with one attached hydrogen (secondary N) is 1. The monoisotopic (exact) mass is 307 g/mol. The van der Waals surface area contributed by atoms with Gasteiger partial charge in [-0.1, -0.05) is 18.2 Å². The Labute approximate surface area is 133 Å². The zero-order valence-electron chi connectivity index (χ0n) is 12.6. The maximum absolute atomic E-state index is 13.0. The first-order valence-corrected chi connectivity index (χ1v) is 7.69. The number of para-hydroxylation sites is 1. The highest BCUT2D eigenvalue weighted by Crippen LogP contribution is 2.38. The van der Waals surface area contributed by atoms with Crippen molar-refractivity contribution in [1.82, 2.24) is 15.2 Å². The molecule has 0 saturated carbocycles. The normalized spacial score (nSPS) is 16.7. The van der Waals surface area contributed by atoms with Crippen LogP contribution >= 0.6 is 0 Å². The number of rotatable bonds is 3. The standard InChI is InChI=1S/C17H17N5O/c18-8-7-11-10-22(14-6-2-1-4-12(11)14)17(23)15-13-5-3-9-19-16(13)21-20-15/h1-6,9,11H,7-8,10,18H2,(H,19,20,21). The molecular formula is C17H17N5O. The van der Waals surface area contributed by atoms with Crippen LogP contribution in [0.25, 0.3) is 11.0 Å². The summed E-state index contributed by atoms with van der Waals surface area (Å²) in [5, 5.41) is 7.71. The van der Waals surface area contributed by atoms with E-state index in [-0.39, 0.29) is 11.8 Å². The Bertz CT molecular complexity index is 872. The molecule has 3 aromatic rings. The average Bonchev–Trinajstić information content (AvgIpc) is 3.17. The summed E-state index contributed by atoms with van der Waals surface area (Å²) in [6.45, 7) is 1.26. The van der Waals surface area contributed by atoms with E-state index < -0.39 is 0 Å². The molecule has 6 nitrogen and oxygen atoms in total. The molecule has 4 rings (SSSR count). The van der Waals surface area contributed by atoms with Crippen molar-refractivity contribution in [2.75, 3.05) is 18.0 Å². The number of H-pyrrole nitrogens is 1. The van der Waals surface area contributed by atoms with Gasteiger partial charge >= 0.3 is 0 Å². The lowest BCUT2D eigenvalue weighted by Gasteiger charge is -2.17. The van der Waals surface area contributed by atoms with E-state index >= 15 is 0 Å². The highest BCUT2D eigenvalue weighted by atomic mass is 16.2. The quantitative estimate of drug-likeness (QED) is 0.775. The van der Waals surface area contributed by atoms with Crippen LogP contribution in [0.3, 0.4) is 0 Å². The van der Waals surface area contributed by atoms with Gasteiger partial charge in [-0.2, -0.15) is 5.10 Å². The van der Waals surface area contributed by atoms with Gasteiger partial charge in [-0.3, -0.25) is 9.89 Å². The molecule has 3 heterocycles. The fourth-order valence-electron chi connectivity index (χ4n) is 3.28. The first-order valence-electron chi connectivity index (χ1n) is 7.69. The van der Waals surface area contributed by atoms with Gasteiger partial charge in [0.25, 0.3) is 5.91 Å². The fraction of sp³-hybridized carbons (Fsp3) is 0.235. The van der Waals surface area contributed by atoms with Crippen molar-refractivity contribution in [1.29, 1.82) is 0 Å². The lowest BCUT2D eigenvalue weighted by molar-refractivity contribution is 0.0984. The summed E-state index contributed by atoms with van der Waals surface area (Å²) in [6.07, 6.45) is 2.53. The van der Waals surface area contributed by atoms with Crippen LogP contribution < -0.4 is 10.6 Å². The summed E-state index contributed by atoms with van der Waals surface area (Å²) in [6, 6.07) is 11.7. The number of benzene rings is 1. The van der Waals surface area contributed by atoms with Crippen LogP contribution in [0.5, 0.6) is 0 Å². The molecule has 1 unspecified atom stereocenters. The molecule has 1 aromatic carbocycles. The number of nitrogens with two attached hydrogens (primary N) is 1. The summed E-state index contributed by atoms with van der Waals surface area (Å²) in [4.78, 5) is 19.0. The zero-order chi connectivity index (χ0) is 15.8. The largest absolute Gasteiger partial charge is 0.330 e. The number of amides is 1. The topological polar surface area (TPSA) is 87.9 Å². The maximum Gasteiger partial charge on any atom is 0.277 e. The molecule has 116 valence electrons. The van der Waals surface area contributed by atoms with Crippen LogP contribution in [-0.2, 0) is 0 Å². The molecule has 0 fully saturated rings. The second-order valence-corrected chi connectivity index (χ2v) is 5.72. The number of fused-ring (bicyclic) bond motifs is 2. The van der Waals surface area contributed by atoms with E-state index in [1.165, 1.54) is 5.56 Å². The minimum atomic E-state index is -0.0764. The van der Waals surface area contributed by atoms with Gasteiger partial charge in [0.15, 0.2) is 5.65 Å². The number of aromatic nitrogens is 3. The van der Waals surface area contributed by atoms with Crippen molar-refractivity contribution >= 4 is 22.6 Å². The summed E-state index contributed by atoms with van der Waals surface area (Å²) in [5.74, 6) is 0.208. The molecule has 23 heavy (non-hydrogen) atoms. The molecule has 1 aliphatic rings. The summed E-state index contributed by atoms with van der Waals surface area (Å²) in [5.41, 5.74) is 8.92. The van der Waals surface area contributed by atoms with E-state index in [1.807, 2.05) is 35.2 Å². The highest BCUT2D eigenvalue weighted by Gasteiger charge is 2.33. The highest BCUT2D eigenvalue weighted by molar-refractivity contribution is 6.12. The van der Waals surface area contributed by atoms with Gasteiger partial charge in [0.2, 0.25) is 0 Å². The van der Waals surface area contributed by atoms with Crippen LogP contribution in [0.15, 0.2) is 42.6 Å². The Kier molecular flexibility index (Phi) is 3.31. The fourth-order valence-corrected chi connectivity index (χ4v) is 3.28. The Morgan fingerprint density at radius 1 is 1.30 bits per heavy atom. The first-order chi connectivity index (χ1) is 11.3. The second kappa shape index (κ2) is 5.48. The molecule has 1 aliphatic heterocycles. The second-order valence-electron chi connectivity index (χ2n) is 5.72. The predicted molar refractivity (Wildman–Crippen MR) is 88.4 cm³/mol. The van der Waals surface area contributed by atoms with Gasteiger partial charge in [-0.25, -0.2) is 4.98 Å². The molecule has 0 aliphatic carbocycles. The number of hydrogen-bond acceptors (Lipinski definition) is 4. The van der Waals surface area contributed by atoms with E-state index in [0.29, 0.717) is 24.4 Å². The SMILES string of the molecule is NCCC1CN(C(=O)c2[nH]nc3ncccc23)c2ccccc21. The van der Waals surface area contributed by atoms with Gasteiger partial charge in [0.1, 0.15) is 5.69 Å². The molecule has 0 radical (unpaired) electrons. The van der Waals surface area contributed by atoms with E-state index in [0.717, 1.165) is 17.5 Å². The van der Waals surface area contributed by atoms with Crippen molar-refractivity contribution in [2.45, 2.75) is 12.3 Å². The van der Waals surface area contributed by atoms with Gasteiger partial charge in [0.05, 0.1) is 5.39 Å². The number of pyridine rings is 1. The van der Waals surface area contributed by atoms with Crippen LogP contribution in [0.1, 0.15) is 28.4 Å². The summed E-state index contributed by atoms with van der Waals surface area (Å²) < 4.78 is 0. The lowest BCUT2D eigenvalue weighted by atomic mass is 9.98. The average molecular weight is 307 g/mol. The number of aromatic amines is 1. The van der Waals surface area contributed by atoms with Gasteiger partial charge in [-0.05, 0) is 36.7 Å². The van der Waals surface area contributed by atoms with Crippen molar-refractivity contribution in [3.8, 4) is 0 Å². The molecule has 6 heteroatoms. The predicted octanol–water partition coefficient (Wildman–Crippen LogP) is 2.05. The molecule has 0 bridgehead atoms. The number of carbonyl (C=O) groups excluding carboxylic acids is 1. The third kappa shape index (κ3) is 2.19. The molecule has 3 N–H and O–H groups in total. The molecule has 0 spiro atoms. The third-order valence-corrected chi connectivity index (χ3v) is 4.37. The van der Waals surface area contributed by atoms with Crippen molar-refractivity contribution in [3.63, 3.8) is 0 Å². The Morgan fingerprint density at radius 3 is 3.04 bits per heavy atom. The first kappa shape index (κ1) is 13.9. The van der Waals surface area contributed by atoms with Gasteiger partial charge in [0, 0.05) is 24.3 Å². The summed E-state index contributed by atoms with van der Waals surface area (Å²) in [7, 11) is 0. The van der Waals surface area contributed by atoms with Gasteiger partial charge < -0.3 is 10.6 Å². The molecule has 1 atom stereocenters. The van der Waals surface area contributed by atoms with E-state index in [2.05, 4.69) is 21.2 Å². The van der Waals surface area contributed by atoms with Crippen LogP contribution in [0, 0.1) is 0 Å². The molecule has 2 aromatic heterocycles. The number of nitrogens with zero attached hydrogens (tertiary/aromatic N) is 3. The van der Waals surface area contributed by atoms with E-state index in [4.69, 9.17) is 5.73 Å². The van der Waals surface area contributed by atoms with Crippen LogP contribution in [0.4, 0.5) is 5.69 Å². The zero-order valence-corrected chi connectivity index (χ0v) is 12.6. The molecule has 1 amide bonds. The van der Waals surface area contributed by atoms with Crippen molar-refractivity contribution in [2.24, 2.45) is 5.73 Å². The summed E-state index contributed by atoms with van der Waals surface area (Å²) >= 11 is 0. The van der Waals surface area contributed by atoms with Crippen LogP contribution in [-0.4, -0.2) is 34.2 Å². The number of anilines is 1. The van der Waals surface area contributed by atoms with Gasteiger partial charge in [-0.15, -0.1) is 0 Å². The smallest absolute Gasteiger partial charge is 0.277 e. The van der Waals surface area contributed by atoms with E-state index in [9.17, 15) is 4.79 Å². The lowest BCUT2D eigenvalue weighted by Crippen LogP contribution is -2.30. The third-order valence-electron chi connectivity index (χ3n) is 4.37. The van der Waals surface area contributed by atoms with Crippen molar-refractivity contribution < 1.29 is 4.79 Å². The molecule has 0 saturated heterocycles. The Morgan fingerprint density at radius 2 is 2.17 bits per heavy atom. The Hall–Kier alpha value is -2.73. The minimum Gasteiger partial charge on any atom is -0.330 e. The number of carbonyl (C=O) groups is 1. The van der Waals surface area contributed by atoms with Crippen LogP contribution in [0.2, 0.25) is 0 Å². The Balaban J connectivity index is 1.75. The maximum atomic E-state index is 13.0. The van der Waals surface area contributed by atoms with Crippen molar-refractivity contribution in [3.05, 3.63) is 53.9 Å². The number of hydrogen-bond donors (Lipinski definition) is 2. The minimum absolute atomic E-state index is 0.0764. The molecular weight excluding hydrogens is 290 g/mol. The van der Waals surface area contributed by atoms with E-state index in [1.54, 1.807) is 6.20 Å².